The molecule has 1 amide bonds. The van der Waals surface area contributed by atoms with E-state index in [0.717, 1.165) is 61.0 Å². The zero-order valence-electron chi connectivity index (χ0n) is 18.2. The lowest BCUT2D eigenvalue weighted by atomic mass is 9.63. The van der Waals surface area contributed by atoms with E-state index in [4.69, 9.17) is 10.5 Å². The number of nitrogens with two attached hydrogens (primary N) is 1. The molecule has 2 aliphatic heterocycles. The van der Waals surface area contributed by atoms with Crippen LogP contribution < -0.4 is 11.1 Å². The molecule has 1 saturated carbocycles. The Morgan fingerprint density at radius 1 is 1.16 bits per heavy atom. The zero-order chi connectivity index (χ0) is 21.6. The number of amides is 1. The van der Waals surface area contributed by atoms with Gasteiger partial charge in [0.15, 0.2) is 0 Å². The summed E-state index contributed by atoms with van der Waals surface area (Å²) in [5, 5.41) is 3.04. The van der Waals surface area contributed by atoms with Crippen molar-refractivity contribution in [2.24, 2.45) is 5.73 Å². The molecular weight excluding hydrogens is 390 g/mol. The Balaban J connectivity index is 1.79. The van der Waals surface area contributed by atoms with Crippen LogP contribution in [0.15, 0.2) is 46.9 Å². The number of fused-ring (bicyclic) bond motifs is 3. The summed E-state index contributed by atoms with van der Waals surface area (Å²) in [5.74, 6) is -0.250. The normalized spacial score (nSPS) is 26.1. The Labute approximate surface area is 183 Å². The average Bonchev–Trinajstić information content (AvgIpc) is 3.07. The first-order valence-corrected chi connectivity index (χ1v) is 11.7. The minimum absolute atomic E-state index is 0.183. The van der Waals surface area contributed by atoms with Crippen molar-refractivity contribution in [1.82, 2.24) is 4.90 Å². The molecule has 1 fully saturated rings. The molecule has 1 atom stereocenters. The van der Waals surface area contributed by atoms with E-state index < -0.39 is 11.4 Å². The van der Waals surface area contributed by atoms with Crippen LogP contribution in [0.3, 0.4) is 0 Å². The van der Waals surface area contributed by atoms with Crippen LogP contribution in [0.4, 0.5) is 5.69 Å². The standard InChI is InChI=1S/C25H31N3O3/c1-2-31-23(29)21-22(26)28(16-10-4-3-5-11-16)20-15-9-7-13-18(20)25(21)17-12-6-8-14-19(17)27-24(25)30/h6,8,12,14,16H,2-5,7,9-11,13,15,26H2,1H3,(H,27,30). The minimum Gasteiger partial charge on any atom is -0.462 e. The van der Waals surface area contributed by atoms with Crippen LogP contribution >= 0.6 is 0 Å². The smallest absolute Gasteiger partial charge is 0.339 e. The Morgan fingerprint density at radius 2 is 1.90 bits per heavy atom. The summed E-state index contributed by atoms with van der Waals surface area (Å²) < 4.78 is 5.51. The number of carbonyl (C=O) groups excluding carboxylic acids is 2. The van der Waals surface area contributed by atoms with Gasteiger partial charge in [-0.3, -0.25) is 4.79 Å². The second-order valence-corrected chi connectivity index (χ2v) is 9.02. The second-order valence-electron chi connectivity index (χ2n) is 9.02. The largest absolute Gasteiger partial charge is 0.462 e. The number of rotatable bonds is 3. The number of hydrogen-bond donors (Lipinski definition) is 2. The highest BCUT2D eigenvalue weighted by Crippen LogP contribution is 2.56. The van der Waals surface area contributed by atoms with Crippen LogP contribution in [-0.4, -0.2) is 29.4 Å². The number of anilines is 1. The van der Waals surface area contributed by atoms with Gasteiger partial charge in [0.05, 0.1) is 6.61 Å². The fourth-order valence-corrected chi connectivity index (χ4v) is 6.19. The van der Waals surface area contributed by atoms with Gasteiger partial charge in [-0.2, -0.15) is 0 Å². The molecule has 0 aromatic heterocycles. The molecule has 1 spiro atoms. The topological polar surface area (TPSA) is 84.7 Å². The lowest BCUT2D eigenvalue weighted by Crippen LogP contribution is -2.53. The summed E-state index contributed by atoms with van der Waals surface area (Å²) in [6.45, 7) is 2.03. The van der Waals surface area contributed by atoms with Gasteiger partial charge in [-0.15, -0.1) is 0 Å². The number of ether oxygens (including phenoxy) is 1. The molecule has 0 radical (unpaired) electrons. The van der Waals surface area contributed by atoms with E-state index >= 15 is 0 Å². The highest BCUT2D eigenvalue weighted by molar-refractivity contribution is 6.17. The molecule has 164 valence electrons. The Hall–Kier alpha value is -2.76. The predicted molar refractivity (Wildman–Crippen MR) is 119 cm³/mol. The monoisotopic (exact) mass is 421 g/mol. The summed E-state index contributed by atoms with van der Waals surface area (Å²) in [6, 6.07) is 7.96. The molecule has 31 heavy (non-hydrogen) atoms. The molecule has 2 aliphatic carbocycles. The van der Waals surface area contributed by atoms with E-state index in [0.29, 0.717) is 11.4 Å². The summed E-state index contributed by atoms with van der Waals surface area (Å²) >= 11 is 0. The van der Waals surface area contributed by atoms with Crippen LogP contribution in [0.25, 0.3) is 0 Å². The Kier molecular flexibility index (Phi) is 5.03. The number of para-hydroxylation sites is 1. The third kappa shape index (κ3) is 2.83. The number of allylic oxidation sites excluding steroid dienone is 1. The van der Waals surface area contributed by atoms with Crippen LogP contribution in [0, 0.1) is 0 Å². The number of esters is 1. The van der Waals surface area contributed by atoms with Crippen LogP contribution in [0.2, 0.25) is 0 Å². The molecule has 0 saturated heterocycles. The highest BCUT2D eigenvalue weighted by Gasteiger charge is 2.60. The van der Waals surface area contributed by atoms with Crippen LogP contribution in [0.1, 0.15) is 70.3 Å². The lowest BCUT2D eigenvalue weighted by molar-refractivity contribution is -0.140. The minimum atomic E-state index is -1.19. The number of nitrogens with zero attached hydrogens (tertiary/aromatic N) is 1. The summed E-state index contributed by atoms with van der Waals surface area (Å²) in [6.07, 6.45) is 9.45. The summed E-state index contributed by atoms with van der Waals surface area (Å²) in [4.78, 5) is 29.4. The molecule has 3 N–H and O–H groups in total. The highest BCUT2D eigenvalue weighted by atomic mass is 16.5. The number of benzene rings is 1. The van der Waals surface area contributed by atoms with E-state index in [-0.39, 0.29) is 18.6 Å². The molecule has 1 aromatic carbocycles. The molecule has 4 aliphatic rings. The first kappa shape index (κ1) is 20.2. The zero-order valence-corrected chi connectivity index (χ0v) is 18.2. The third-order valence-corrected chi connectivity index (χ3v) is 7.41. The van der Waals surface area contributed by atoms with Crippen molar-refractivity contribution in [1.29, 1.82) is 0 Å². The van der Waals surface area contributed by atoms with Gasteiger partial charge in [-0.25, -0.2) is 4.79 Å². The van der Waals surface area contributed by atoms with E-state index in [1.807, 2.05) is 24.3 Å². The molecular formula is C25H31N3O3. The van der Waals surface area contributed by atoms with Gasteiger partial charge in [0, 0.05) is 23.0 Å². The SMILES string of the molecule is CCOC(=O)C1=C(N)N(C2CCCCC2)C2=C(CCCC2)C12C(=O)Nc1ccccc12. The third-order valence-electron chi connectivity index (χ3n) is 7.41. The van der Waals surface area contributed by atoms with Crippen molar-refractivity contribution in [3.63, 3.8) is 0 Å². The van der Waals surface area contributed by atoms with Gasteiger partial charge < -0.3 is 20.7 Å². The summed E-state index contributed by atoms with van der Waals surface area (Å²) in [7, 11) is 0. The maximum absolute atomic E-state index is 13.7. The van der Waals surface area contributed by atoms with E-state index in [1.54, 1.807) is 6.92 Å². The average molecular weight is 422 g/mol. The quantitative estimate of drug-likeness (QED) is 0.718. The summed E-state index contributed by atoms with van der Waals surface area (Å²) in [5.41, 5.74) is 9.76. The number of nitrogens with one attached hydrogen (secondary N) is 1. The van der Waals surface area contributed by atoms with Crippen molar-refractivity contribution in [3.8, 4) is 0 Å². The first-order valence-electron chi connectivity index (χ1n) is 11.7. The molecule has 1 unspecified atom stereocenters. The van der Waals surface area contributed by atoms with Crippen LogP contribution in [0.5, 0.6) is 0 Å². The fourth-order valence-electron chi connectivity index (χ4n) is 6.19. The van der Waals surface area contributed by atoms with Crippen molar-refractivity contribution in [2.75, 3.05) is 11.9 Å². The van der Waals surface area contributed by atoms with E-state index in [2.05, 4.69) is 10.2 Å². The van der Waals surface area contributed by atoms with Gasteiger partial charge in [-0.1, -0.05) is 37.5 Å². The van der Waals surface area contributed by atoms with Gasteiger partial charge in [-0.05, 0) is 57.1 Å². The van der Waals surface area contributed by atoms with Crippen molar-refractivity contribution >= 4 is 17.6 Å². The van der Waals surface area contributed by atoms with Gasteiger partial charge in [0.25, 0.3) is 0 Å². The van der Waals surface area contributed by atoms with Gasteiger partial charge in [0.2, 0.25) is 5.91 Å². The van der Waals surface area contributed by atoms with Crippen LogP contribution in [-0.2, 0) is 19.7 Å². The van der Waals surface area contributed by atoms with Crippen molar-refractivity contribution in [3.05, 3.63) is 52.5 Å². The van der Waals surface area contributed by atoms with E-state index in [9.17, 15) is 9.59 Å². The molecule has 5 rings (SSSR count). The molecule has 6 heteroatoms. The molecule has 1 aromatic rings. The maximum atomic E-state index is 13.7. The maximum Gasteiger partial charge on any atom is 0.339 e. The van der Waals surface area contributed by atoms with Crippen molar-refractivity contribution < 1.29 is 14.3 Å². The first-order chi connectivity index (χ1) is 15.1. The predicted octanol–water partition coefficient (Wildman–Crippen LogP) is 4.09. The van der Waals surface area contributed by atoms with Gasteiger partial charge in [0.1, 0.15) is 16.8 Å². The number of carbonyl (C=O) groups is 2. The van der Waals surface area contributed by atoms with Gasteiger partial charge >= 0.3 is 5.97 Å². The Bertz CT molecular complexity index is 989. The second kappa shape index (κ2) is 7.74. The Morgan fingerprint density at radius 3 is 2.68 bits per heavy atom. The van der Waals surface area contributed by atoms with Crippen molar-refractivity contribution in [2.45, 2.75) is 76.2 Å². The van der Waals surface area contributed by atoms with E-state index in [1.165, 1.54) is 19.3 Å². The fraction of sp³-hybridized carbons (Fsp3) is 0.520. The molecule has 6 nitrogen and oxygen atoms in total. The molecule has 0 bridgehead atoms. The molecule has 2 heterocycles. The lowest BCUT2D eigenvalue weighted by Gasteiger charge is -2.48. The number of hydrogen-bond acceptors (Lipinski definition) is 5.